The van der Waals surface area contributed by atoms with E-state index in [0.29, 0.717) is 23.4 Å². The predicted molar refractivity (Wildman–Crippen MR) is 86.3 cm³/mol. The number of anilines is 1. The van der Waals surface area contributed by atoms with E-state index in [1.165, 1.54) is 12.0 Å². The van der Waals surface area contributed by atoms with Crippen LogP contribution >= 0.6 is 0 Å². The van der Waals surface area contributed by atoms with Crippen molar-refractivity contribution in [1.82, 2.24) is 4.90 Å². The van der Waals surface area contributed by atoms with E-state index in [1.54, 1.807) is 18.2 Å². The standard InChI is InChI=1S/C14H16N2O5S.Na/c1-8-5-12-13(22(18,19)20)15-11-4-3-9(21-2)6-10(11)14(17)16(12)7-8;/h3-4,6,12-13,15H,1,5,7H2,2H3,(H,18,19,20);. The van der Waals surface area contributed by atoms with Gasteiger partial charge in [0.05, 0.1) is 18.7 Å². The average molecular weight is 347 g/mol. The number of hydrogen-bond donors (Lipinski definition) is 2. The van der Waals surface area contributed by atoms with Gasteiger partial charge in [-0.05, 0) is 24.6 Å². The minimum absolute atomic E-state index is 0. The van der Waals surface area contributed by atoms with Gasteiger partial charge in [0.15, 0.2) is 5.37 Å². The topological polar surface area (TPSA) is 95.9 Å². The van der Waals surface area contributed by atoms with E-state index < -0.39 is 21.5 Å². The summed E-state index contributed by atoms with van der Waals surface area (Å²) in [5.74, 6) is 0.185. The van der Waals surface area contributed by atoms with Crippen LogP contribution in [0.1, 0.15) is 16.8 Å². The van der Waals surface area contributed by atoms with Crippen LogP contribution in [0.5, 0.6) is 5.75 Å². The summed E-state index contributed by atoms with van der Waals surface area (Å²) >= 11 is 0. The first-order valence-electron chi connectivity index (χ1n) is 6.70. The van der Waals surface area contributed by atoms with Crippen LogP contribution in [-0.4, -0.2) is 78.4 Å². The third-order valence-electron chi connectivity index (χ3n) is 3.98. The van der Waals surface area contributed by atoms with Crippen LogP contribution in [0.25, 0.3) is 0 Å². The number of nitrogens with zero attached hydrogens (tertiary/aromatic N) is 1. The molecule has 1 amide bonds. The number of ether oxygens (including phenoxy) is 1. The summed E-state index contributed by atoms with van der Waals surface area (Å²) in [6, 6.07) is 4.06. The summed E-state index contributed by atoms with van der Waals surface area (Å²) in [6.07, 6.45) is 0.328. The SMILES string of the molecule is C=C1CC2C(S(=O)(=O)O)Nc3ccc(OC)cc3C(=O)N2C1.[Na]. The second-order valence-corrected chi connectivity index (χ2v) is 6.98. The van der Waals surface area contributed by atoms with Gasteiger partial charge in [-0.2, -0.15) is 8.42 Å². The Morgan fingerprint density at radius 2 is 2.13 bits per heavy atom. The maximum Gasteiger partial charge on any atom is 0.288 e. The fraction of sp³-hybridized carbons (Fsp3) is 0.357. The van der Waals surface area contributed by atoms with Gasteiger partial charge >= 0.3 is 0 Å². The Morgan fingerprint density at radius 3 is 2.74 bits per heavy atom. The van der Waals surface area contributed by atoms with Gasteiger partial charge in [-0.15, -0.1) is 0 Å². The average Bonchev–Trinajstić information content (AvgIpc) is 2.79. The van der Waals surface area contributed by atoms with Gasteiger partial charge in [0, 0.05) is 41.8 Å². The third kappa shape index (κ3) is 3.27. The largest absolute Gasteiger partial charge is 0.497 e. The Labute approximate surface area is 156 Å². The molecule has 23 heavy (non-hydrogen) atoms. The van der Waals surface area contributed by atoms with Gasteiger partial charge in [-0.3, -0.25) is 9.35 Å². The second kappa shape index (κ2) is 6.45. The van der Waals surface area contributed by atoms with Gasteiger partial charge in [0.25, 0.3) is 16.0 Å². The normalized spacial score (nSPS) is 23.3. The molecule has 0 spiro atoms. The Kier molecular flexibility index (Phi) is 5.12. The number of carbonyl (C=O) groups excluding carboxylic acids is 1. The Hall–Kier alpha value is -1.06. The number of hydrogen-bond acceptors (Lipinski definition) is 5. The third-order valence-corrected chi connectivity index (χ3v) is 5.05. The van der Waals surface area contributed by atoms with Crippen LogP contribution in [0.2, 0.25) is 0 Å². The van der Waals surface area contributed by atoms with Gasteiger partial charge in [0.1, 0.15) is 5.75 Å². The number of nitrogens with one attached hydrogen (secondary N) is 1. The zero-order valence-electron chi connectivity index (χ0n) is 12.9. The molecule has 1 saturated heterocycles. The molecule has 2 unspecified atom stereocenters. The summed E-state index contributed by atoms with van der Waals surface area (Å²) in [7, 11) is -2.90. The molecule has 119 valence electrons. The van der Waals surface area contributed by atoms with Crippen molar-refractivity contribution in [1.29, 1.82) is 0 Å². The van der Waals surface area contributed by atoms with Gasteiger partial charge in [-0.25, -0.2) is 0 Å². The fourth-order valence-corrected chi connectivity index (χ4v) is 3.87. The monoisotopic (exact) mass is 347 g/mol. The van der Waals surface area contributed by atoms with E-state index in [9.17, 15) is 17.8 Å². The molecule has 2 aliphatic heterocycles. The molecule has 9 heteroatoms. The predicted octanol–water partition coefficient (Wildman–Crippen LogP) is 0.724. The first kappa shape index (κ1) is 18.3. The molecule has 2 atom stereocenters. The van der Waals surface area contributed by atoms with Crippen LogP contribution < -0.4 is 10.1 Å². The van der Waals surface area contributed by atoms with Crippen molar-refractivity contribution in [3.63, 3.8) is 0 Å². The fourth-order valence-electron chi connectivity index (χ4n) is 2.95. The van der Waals surface area contributed by atoms with E-state index >= 15 is 0 Å². The van der Waals surface area contributed by atoms with E-state index in [1.807, 2.05) is 0 Å². The van der Waals surface area contributed by atoms with Crippen LogP contribution in [0.15, 0.2) is 30.4 Å². The van der Waals surface area contributed by atoms with E-state index in [0.717, 1.165) is 5.57 Å². The summed E-state index contributed by atoms with van der Waals surface area (Å²) in [6.45, 7) is 4.10. The molecular formula is C14H16N2NaO5S. The molecule has 1 radical (unpaired) electrons. The number of fused-ring (bicyclic) bond motifs is 2. The van der Waals surface area contributed by atoms with Crippen LogP contribution in [-0.2, 0) is 10.1 Å². The molecule has 1 fully saturated rings. The Balaban J connectivity index is 0.00000192. The van der Waals surface area contributed by atoms with Crippen LogP contribution in [0.4, 0.5) is 5.69 Å². The molecule has 2 aliphatic rings. The Bertz CT molecular complexity index is 764. The van der Waals surface area contributed by atoms with Crippen molar-refractivity contribution in [2.75, 3.05) is 19.0 Å². The van der Waals surface area contributed by atoms with E-state index in [2.05, 4.69) is 11.9 Å². The second-order valence-electron chi connectivity index (χ2n) is 5.45. The van der Waals surface area contributed by atoms with Crippen LogP contribution in [0.3, 0.4) is 0 Å². The molecule has 2 heterocycles. The zero-order chi connectivity index (χ0) is 16.1. The van der Waals surface area contributed by atoms with Crippen molar-refractivity contribution in [3.05, 3.63) is 35.9 Å². The first-order chi connectivity index (χ1) is 10.3. The van der Waals surface area contributed by atoms with Crippen LogP contribution in [0, 0.1) is 0 Å². The first-order valence-corrected chi connectivity index (χ1v) is 8.20. The molecule has 1 aromatic carbocycles. The molecule has 3 rings (SSSR count). The quantitative estimate of drug-likeness (QED) is 0.465. The van der Waals surface area contributed by atoms with Gasteiger partial charge in [0.2, 0.25) is 0 Å². The number of rotatable bonds is 2. The molecule has 1 aromatic rings. The molecule has 0 bridgehead atoms. The number of benzene rings is 1. The summed E-state index contributed by atoms with van der Waals surface area (Å²) in [5.41, 5.74) is 1.42. The molecule has 0 aromatic heterocycles. The zero-order valence-corrected chi connectivity index (χ0v) is 15.8. The summed E-state index contributed by atoms with van der Waals surface area (Å²) in [4.78, 5) is 14.1. The van der Waals surface area contributed by atoms with E-state index in [-0.39, 0.29) is 42.0 Å². The maximum absolute atomic E-state index is 12.7. The number of carbonyl (C=O) groups is 1. The van der Waals surface area contributed by atoms with Gasteiger partial charge in [-0.1, -0.05) is 12.2 Å². The number of amides is 1. The molecule has 2 N–H and O–H groups in total. The van der Waals surface area contributed by atoms with Crippen molar-refractivity contribution in [2.45, 2.75) is 17.8 Å². The van der Waals surface area contributed by atoms with Crippen molar-refractivity contribution >= 4 is 51.3 Å². The van der Waals surface area contributed by atoms with Crippen molar-refractivity contribution in [3.8, 4) is 5.75 Å². The molecule has 7 nitrogen and oxygen atoms in total. The minimum Gasteiger partial charge on any atom is -0.497 e. The molecule has 0 saturated carbocycles. The minimum atomic E-state index is -4.39. The smallest absolute Gasteiger partial charge is 0.288 e. The van der Waals surface area contributed by atoms with Crippen molar-refractivity contribution in [2.24, 2.45) is 0 Å². The molecular weight excluding hydrogens is 331 g/mol. The Morgan fingerprint density at radius 1 is 1.43 bits per heavy atom. The van der Waals surface area contributed by atoms with E-state index in [4.69, 9.17) is 4.74 Å². The summed E-state index contributed by atoms with van der Waals surface area (Å²) < 4.78 is 38.1. The maximum atomic E-state index is 12.7. The molecule has 0 aliphatic carbocycles. The summed E-state index contributed by atoms with van der Waals surface area (Å²) in [5, 5.41) is 1.49. The number of methoxy groups -OCH3 is 1. The van der Waals surface area contributed by atoms with Gasteiger partial charge < -0.3 is 15.0 Å². The van der Waals surface area contributed by atoms with Crippen molar-refractivity contribution < 1.29 is 22.5 Å².